The minimum absolute atomic E-state index is 0.0110. The van der Waals surface area contributed by atoms with Gasteiger partial charge in [-0.05, 0) is 73.5 Å². The van der Waals surface area contributed by atoms with E-state index >= 15 is 0 Å². The van der Waals surface area contributed by atoms with Gasteiger partial charge >= 0.3 is 0 Å². The Morgan fingerprint density at radius 1 is 1.00 bits per heavy atom. The van der Waals surface area contributed by atoms with Gasteiger partial charge in [-0.1, -0.05) is 29.8 Å². The number of para-hydroxylation sites is 1. The molecular formula is C26H25ClN2O3. The van der Waals surface area contributed by atoms with Crippen LogP contribution in [0.4, 0.5) is 11.4 Å². The Bertz CT molecular complexity index is 1130. The number of ether oxygens (including phenoxy) is 1. The summed E-state index contributed by atoms with van der Waals surface area (Å²) in [5.41, 5.74) is 2.99. The van der Waals surface area contributed by atoms with Crippen LogP contribution in [0, 0.1) is 0 Å². The number of methoxy groups -OCH3 is 1. The molecule has 1 heterocycles. The van der Waals surface area contributed by atoms with Crippen molar-refractivity contribution in [1.82, 2.24) is 0 Å². The first-order valence-electron chi connectivity index (χ1n) is 10.5. The van der Waals surface area contributed by atoms with Crippen LogP contribution in [0.2, 0.25) is 5.02 Å². The van der Waals surface area contributed by atoms with E-state index in [9.17, 15) is 9.59 Å². The minimum atomic E-state index is -0.346. The quantitative estimate of drug-likeness (QED) is 0.527. The average Bonchev–Trinajstić information content (AvgIpc) is 2.83. The number of carbonyl (C=O) groups is 2. The molecular weight excluding hydrogens is 424 g/mol. The van der Waals surface area contributed by atoms with Crippen molar-refractivity contribution >= 4 is 34.8 Å². The number of hydrogen-bond acceptors (Lipinski definition) is 3. The topological polar surface area (TPSA) is 49.9 Å². The predicted molar refractivity (Wildman–Crippen MR) is 128 cm³/mol. The highest BCUT2D eigenvalue weighted by Crippen LogP contribution is 2.40. The van der Waals surface area contributed by atoms with Crippen molar-refractivity contribution in [2.24, 2.45) is 0 Å². The Labute approximate surface area is 193 Å². The van der Waals surface area contributed by atoms with Crippen molar-refractivity contribution < 1.29 is 14.3 Å². The van der Waals surface area contributed by atoms with E-state index in [1.165, 1.54) is 0 Å². The van der Waals surface area contributed by atoms with Crippen molar-refractivity contribution in [1.29, 1.82) is 0 Å². The molecule has 164 valence electrons. The van der Waals surface area contributed by atoms with Crippen molar-refractivity contribution in [3.63, 3.8) is 0 Å². The lowest BCUT2D eigenvalue weighted by atomic mass is 9.84. The molecule has 2 amide bonds. The number of likely N-dealkylation sites (N-methyl/N-ethyl adjacent to an activating group) is 1. The fraction of sp³-hybridized carbons (Fsp3) is 0.231. The van der Waals surface area contributed by atoms with Crippen LogP contribution in [0.25, 0.3) is 0 Å². The van der Waals surface area contributed by atoms with Crippen molar-refractivity contribution in [2.75, 3.05) is 24.0 Å². The average molecular weight is 449 g/mol. The normalized spacial score (nSPS) is 17.4. The summed E-state index contributed by atoms with van der Waals surface area (Å²) in [5, 5.41) is 0.624. The first kappa shape index (κ1) is 21.9. The van der Waals surface area contributed by atoms with Gasteiger partial charge in [-0.15, -0.1) is 0 Å². The third-order valence-electron chi connectivity index (χ3n) is 5.99. The van der Waals surface area contributed by atoms with E-state index < -0.39 is 0 Å². The minimum Gasteiger partial charge on any atom is -0.497 e. The Kier molecular flexibility index (Phi) is 6.19. The molecule has 6 heteroatoms. The Balaban J connectivity index is 1.66. The van der Waals surface area contributed by atoms with Gasteiger partial charge in [-0.3, -0.25) is 9.59 Å². The largest absolute Gasteiger partial charge is 0.497 e. The first-order valence-corrected chi connectivity index (χ1v) is 10.9. The molecule has 0 aromatic heterocycles. The van der Waals surface area contributed by atoms with Crippen molar-refractivity contribution in [3.05, 3.63) is 88.9 Å². The van der Waals surface area contributed by atoms with Gasteiger partial charge in [0.25, 0.3) is 5.91 Å². The number of hydrogen-bond donors (Lipinski definition) is 0. The maximum Gasteiger partial charge on any atom is 0.258 e. The van der Waals surface area contributed by atoms with Crippen LogP contribution in [-0.2, 0) is 4.79 Å². The summed E-state index contributed by atoms with van der Waals surface area (Å²) < 4.78 is 5.20. The molecule has 4 rings (SSSR count). The number of benzene rings is 3. The highest BCUT2D eigenvalue weighted by molar-refractivity contribution is 6.30. The standard InChI is InChI=1S/C26H25ClN2O3/c1-17-16-23(26(31)28(2)20-12-10-19(27)11-13-20)22-6-4-5-7-24(22)29(17)25(30)18-8-14-21(32-3)15-9-18/h4-15,17,23H,16H2,1-3H3. The summed E-state index contributed by atoms with van der Waals surface area (Å²) in [6.45, 7) is 1.99. The van der Waals surface area contributed by atoms with Gasteiger partial charge < -0.3 is 14.5 Å². The van der Waals surface area contributed by atoms with Crippen LogP contribution in [0.1, 0.15) is 35.2 Å². The molecule has 2 unspecified atom stereocenters. The Morgan fingerprint density at radius 2 is 1.66 bits per heavy atom. The third kappa shape index (κ3) is 4.08. The SMILES string of the molecule is COc1ccc(C(=O)N2c3ccccc3C(C(=O)N(C)c3ccc(Cl)cc3)CC2C)cc1. The number of fused-ring (bicyclic) bond motifs is 1. The lowest BCUT2D eigenvalue weighted by molar-refractivity contribution is -0.120. The van der Waals surface area contributed by atoms with Crippen molar-refractivity contribution in [2.45, 2.75) is 25.3 Å². The third-order valence-corrected chi connectivity index (χ3v) is 6.24. The monoisotopic (exact) mass is 448 g/mol. The summed E-state index contributed by atoms with van der Waals surface area (Å²) in [6, 6.07) is 21.8. The van der Waals surface area contributed by atoms with E-state index in [0.29, 0.717) is 22.8 Å². The second-order valence-corrected chi connectivity index (χ2v) is 8.41. The van der Waals surface area contributed by atoms with Crippen LogP contribution in [0.3, 0.4) is 0 Å². The van der Waals surface area contributed by atoms with Crippen LogP contribution in [0.5, 0.6) is 5.75 Å². The molecule has 0 saturated heterocycles. The molecule has 0 aliphatic carbocycles. The number of carbonyl (C=O) groups excluding carboxylic acids is 2. The molecule has 0 N–H and O–H groups in total. The Morgan fingerprint density at radius 3 is 2.31 bits per heavy atom. The highest BCUT2D eigenvalue weighted by atomic mass is 35.5. The van der Waals surface area contributed by atoms with Gasteiger partial charge in [-0.2, -0.15) is 0 Å². The Hall–Kier alpha value is -3.31. The molecule has 5 nitrogen and oxygen atoms in total. The molecule has 3 aromatic rings. The lowest BCUT2D eigenvalue weighted by Gasteiger charge is -2.40. The van der Waals surface area contributed by atoms with Gasteiger partial charge in [0.05, 0.1) is 13.0 Å². The number of nitrogens with zero attached hydrogens (tertiary/aromatic N) is 2. The fourth-order valence-electron chi connectivity index (χ4n) is 4.25. The van der Waals surface area contributed by atoms with E-state index in [1.54, 1.807) is 60.4 Å². The van der Waals surface area contributed by atoms with Crippen molar-refractivity contribution in [3.8, 4) is 5.75 Å². The van der Waals surface area contributed by atoms with Crippen LogP contribution in [-0.4, -0.2) is 32.0 Å². The molecule has 1 aliphatic heterocycles. The second kappa shape index (κ2) is 9.05. The molecule has 32 heavy (non-hydrogen) atoms. The summed E-state index contributed by atoms with van der Waals surface area (Å²) in [4.78, 5) is 30.4. The van der Waals surface area contributed by atoms with E-state index in [-0.39, 0.29) is 23.8 Å². The maximum atomic E-state index is 13.5. The molecule has 0 bridgehead atoms. The zero-order chi connectivity index (χ0) is 22.8. The number of rotatable bonds is 4. The summed E-state index contributed by atoms with van der Waals surface area (Å²) in [5.74, 6) is 0.249. The van der Waals surface area contributed by atoms with E-state index in [2.05, 4.69) is 0 Å². The van der Waals surface area contributed by atoms with Gasteiger partial charge in [0, 0.05) is 35.1 Å². The molecule has 0 fully saturated rings. The van der Waals surface area contributed by atoms with Crippen LogP contribution >= 0.6 is 11.6 Å². The summed E-state index contributed by atoms with van der Waals surface area (Å²) >= 11 is 6.00. The molecule has 2 atom stereocenters. The molecule has 0 radical (unpaired) electrons. The zero-order valence-corrected chi connectivity index (χ0v) is 19.0. The maximum absolute atomic E-state index is 13.5. The number of anilines is 2. The number of amides is 2. The number of halogens is 1. The zero-order valence-electron chi connectivity index (χ0n) is 18.3. The smallest absolute Gasteiger partial charge is 0.258 e. The van der Waals surface area contributed by atoms with Gasteiger partial charge in [0.2, 0.25) is 5.91 Å². The molecule has 3 aromatic carbocycles. The fourth-order valence-corrected chi connectivity index (χ4v) is 4.38. The second-order valence-electron chi connectivity index (χ2n) is 7.97. The lowest BCUT2D eigenvalue weighted by Crippen LogP contribution is -2.46. The van der Waals surface area contributed by atoms with Gasteiger partial charge in [-0.25, -0.2) is 0 Å². The highest BCUT2D eigenvalue weighted by Gasteiger charge is 2.38. The van der Waals surface area contributed by atoms with E-state index in [1.807, 2.05) is 43.3 Å². The van der Waals surface area contributed by atoms with Gasteiger partial charge in [0.1, 0.15) is 5.75 Å². The molecule has 1 aliphatic rings. The van der Waals surface area contributed by atoms with Gasteiger partial charge in [0.15, 0.2) is 0 Å². The van der Waals surface area contributed by atoms with Crippen LogP contribution < -0.4 is 14.5 Å². The predicted octanol–water partition coefficient (Wildman–Crippen LogP) is 5.53. The molecule has 0 saturated carbocycles. The van der Waals surface area contributed by atoms with E-state index in [0.717, 1.165) is 16.9 Å². The first-order chi connectivity index (χ1) is 15.4. The van der Waals surface area contributed by atoms with Crippen LogP contribution in [0.15, 0.2) is 72.8 Å². The summed E-state index contributed by atoms with van der Waals surface area (Å²) in [6.07, 6.45) is 0.537. The van der Waals surface area contributed by atoms with E-state index in [4.69, 9.17) is 16.3 Å². The summed E-state index contributed by atoms with van der Waals surface area (Å²) in [7, 11) is 3.37. The molecule has 0 spiro atoms.